The molecule has 0 heterocycles. The Morgan fingerprint density at radius 2 is 2.11 bits per heavy atom. The highest BCUT2D eigenvalue weighted by Crippen LogP contribution is 2.00. The molecule has 1 aromatic rings. The highest BCUT2D eigenvalue weighted by atomic mass is 19.1. The number of hydrogen-bond acceptors (Lipinski definition) is 1. The van der Waals surface area contributed by atoms with Gasteiger partial charge >= 0.3 is 0 Å². The van der Waals surface area contributed by atoms with Crippen LogP contribution in [0.2, 0.25) is 0 Å². The van der Waals surface area contributed by atoms with Gasteiger partial charge in [0.2, 0.25) is 0 Å². The Morgan fingerprint density at radius 1 is 1.56 bits per heavy atom. The van der Waals surface area contributed by atoms with Crippen LogP contribution in [0, 0.1) is 5.82 Å². The molecule has 0 fully saturated rings. The Morgan fingerprint density at radius 3 is 2.56 bits per heavy atom. The molecule has 1 nitrogen and oxygen atoms in total. The number of halogens is 1. The molecular weight excluding hydrogens is 117 g/mol. The standard InChI is InChI=1S/C7H8FN/c8-7-3-1-6(5-9)2-4-7/h1-4H,5,9H2/i1D,2D. The van der Waals surface area contributed by atoms with Gasteiger partial charge in [-0.15, -0.1) is 0 Å². The van der Waals surface area contributed by atoms with E-state index in [1.165, 1.54) is 0 Å². The maximum Gasteiger partial charge on any atom is 0.123 e. The summed E-state index contributed by atoms with van der Waals surface area (Å²) in [5.41, 5.74) is 5.62. The summed E-state index contributed by atoms with van der Waals surface area (Å²) in [6.07, 6.45) is 0. The molecule has 0 aliphatic carbocycles. The van der Waals surface area contributed by atoms with Gasteiger partial charge in [-0.2, -0.15) is 0 Å². The van der Waals surface area contributed by atoms with Crippen molar-refractivity contribution < 1.29 is 7.13 Å². The Bertz CT molecular complexity index is 252. The molecule has 1 rings (SSSR count). The van der Waals surface area contributed by atoms with Crippen LogP contribution in [0.15, 0.2) is 24.2 Å². The molecular formula is C7H8FN. The van der Waals surface area contributed by atoms with Gasteiger partial charge in [-0.3, -0.25) is 0 Å². The first-order valence-electron chi connectivity index (χ1n) is 3.61. The van der Waals surface area contributed by atoms with Gasteiger partial charge in [0.25, 0.3) is 0 Å². The van der Waals surface area contributed by atoms with Crippen molar-refractivity contribution >= 4 is 0 Å². The lowest BCUT2D eigenvalue weighted by Crippen LogP contribution is -1.94. The summed E-state index contributed by atoms with van der Waals surface area (Å²) < 4.78 is 26.9. The van der Waals surface area contributed by atoms with Gasteiger partial charge in [0.05, 0.1) is 2.74 Å². The summed E-state index contributed by atoms with van der Waals surface area (Å²) in [5, 5.41) is 0. The van der Waals surface area contributed by atoms with Gasteiger partial charge in [-0.1, -0.05) is 12.1 Å². The quantitative estimate of drug-likeness (QED) is 0.604. The predicted octanol–water partition coefficient (Wildman–Crippen LogP) is 1.28. The molecule has 48 valence electrons. The third-order valence-corrected chi connectivity index (χ3v) is 0.973. The largest absolute Gasteiger partial charge is 0.326 e. The van der Waals surface area contributed by atoms with E-state index in [4.69, 9.17) is 8.48 Å². The Balaban J connectivity index is 3.25. The van der Waals surface area contributed by atoms with Crippen molar-refractivity contribution in [2.75, 3.05) is 0 Å². The zero-order valence-electron chi connectivity index (χ0n) is 6.82. The summed E-state index contributed by atoms with van der Waals surface area (Å²) >= 11 is 0. The number of rotatable bonds is 1. The van der Waals surface area contributed by atoms with Crippen molar-refractivity contribution in [2.45, 2.75) is 6.54 Å². The molecule has 0 aliphatic rings. The first-order valence-corrected chi connectivity index (χ1v) is 2.61. The lowest BCUT2D eigenvalue weighted by Gasteiger charge is -1.92. The van der Waals surface area contributed by atoms with E-state index < -0.39 is 5.82 Å². The summed E-state index contributed by atoms with van der Waals surface area (Å²) in [6.45, 7) is 0.109. The van der Waals surface area contributed by atoms with Crippen LogP contribution in [-0.4, -0.2) is 0 Å². The zero-order valence-corrected chi connectivity index (χ0v) is 4.82. The Hall–Kier alpha value is -0.890. The van der Waals surface area contributed by atoms with Crippen molar-refractivity contribution in [2.24, 2.45) is 5.73 Å². The molecule has 1 aromatic carbocycles. The molecule has 0 aliphatic heterocycles. The molecule has 0 spiro atoms. The van der Waals surface area contributed by atoms with E-state index >= 15 is 0 Å². The van der Waals surface area contributed by atoms with Gasteiger partial charge in [-0.25, -0.2) is 4.39 Å². The third kappa shape index (κ3) is 1.50. The molecule has 2 heteroatoms. The topological polar surface area (TPSA) is 26.0 Å². The van der Waals surface area contributed by atoms with Crippen LogP contribution in [0.5, 0.6) is 0 Å². The highest BCUT2D eigenvalue weighted by Gasteiger charge is 1.87. The number of hydrogen-bond donors (Lipinski definition) is 1. The van der Waals surface area contributed by atoms with Crippen LogP contribution in [0.4, 0.5) is 4.39 Å². The van der Waals surface area contributed by atoms with Gasteiger partial charge < -0.3 is 5.73 Å². The predicted molar refractivity (Wildman–Crippen MR) is 34.3 cm³/mol. The summed E-state index contributed by atoms with van der Waals surface area (Å²) in [5.74, 6) is -0.558. The lowest BCUT2D eigenvalue weighted by atomic mass is 10.2. The SMILES string of the molecule is [2H]c1cc(F)cc([2H])c1CN. The van der Waals surface area contributed by atoms with Crippen molar-refractivity contribution in [3.05, 3.63) is 35.6 Å². The van der Waals surface area contributed by atoms with Gasteiger partial charge in [0.1, 0.15) is 5.82 Å². The minimum Gasteiger partial charge on any atom is -0.326 e. The molecule has 0 amide bonds. The fourth-order valence-electron chi connectivity index (χ4n) is 0.513. The average Bonchev–Trinajstić information content (AvgIpc) is 1.85. The van der Waals surface area contributed by atoms with E-state index in [1.54, 1.807) is 0 Å². The fraction of sp³-hybridized carbons (Fsp3) is 0.143. The first-order chi connectivity index (χ1) is 5.15. The van der Waals surface area contributed by atoms with Crippen molar-refractivity contribution in [3.8, 4) is 0 Å². The molecule has 0 saturated heterocycles. The smallest absolute Gasteiger partial charge is 0.123 e. The van der Waals surface area contributed by atoms with E-state index in [2.05, 4.69) is 0 Å². The lowest BCUT2D eigenvalue weighted by molar-refractivity contribution is 0.627. The first kappa shape index (κ1) is 4.01. The number of nitrogens with two attached hydrogens (primary N) is 1. The molecule has 2 N–H and O–H groups in total. The van der Waals surface area contributed by atoms with E-state index in [-0.39, 0.29) is 18.6 Å². The summed E-state index contributed by atoms with van der Waals surface area (Å²) in [4.78, 5) is 0. The van der Waals surface area contributed by atoms with Crippen molar-refractivity contribution in [1.82, 2.24) is 0 Å². The van der Waals surface area contributed by atoms with Crippen LogP contribution in [0.25, 0.3) is 0 Å². The van der Waals surface area contributed by atoms with Crippen LogP contribution in [0.3, 0.4) is 0 Å². The van der Waals surface area contributed by atoms with Gasteiger partial charge in [0, 0.05) is 6.54 Å². The number of benzene rings is 1. The van der Waals surface area contributed by atoms with Gasteiger partial charge in [0.15, 0.2) is 0 Å². The fourth-order valence-corrected chi connectivity index (χ4v) is 0.513. The summed E-state index contributed by atoms with van der Waals surface area (Å²) in [6, 6.07) is 2.11. The van der Waals surface area contributed by atoms with E-state index in [9.17, 15) is 4.39 Å². The van der Waals surface area contributed by atoms with E-state index in [1.807, 2.05) is 0 Å². The van der Waals surface area contributed by atoms with E-state index in [0.29, 0.717) is 5.56 Å². The molecule has 0 atom stereocenters. The normalized spacial score (nSPS) is 12.7. The van der Waals surface area contributed by atoms with Crippen molar-refractivity contribution in [1.29, 1.82) is 0 Å². The maximum atomic E-state index is 12.5. The van der Waals surface area contributed by atoms with Crippen LogP contribution in [0.1, 0.15) is 8.30 Å². The maximum absolute atomic E-state index is 12.5. The van der Waals surface area contributed by atoms with Crippen molar-refractivity contribution in [3.63, 3.8) is 0 Å². The minimum atomic E-state index is -0.558. The third-order valence-electron chi connectivity index (χ3n) is 0.973. The molecule has 0 bridgehead atoms. The Labute approximate surface area is 56.1 Å². The summed E-state index contributed by atoms with van der Waals surface area (Å²) in [7, 11) is 0. The molecule has 0 radical (unpaired) electrons. The van der Waals surface area contributed by atoms with Crippen LogP contribution < -0.4 is 5.73 Å². The van der Waals surface area contributed by atoms with E-state index in [0.717, 1.165) is 12.1 Å². The Kier molecular flexibility index (Phi) is 1.16. The minimum absolute atomic E-state index is 0.00231. The molecule has 0 unspecified atom stereocenters. The van der Waals surface area contributed by atoms with Gasteiger partial charge in [-0.05, 0) is 17.7 Å². The molecule has 9 heavy (non-hydrogen) atoms. The monoisotopic (exact) mass is 127 g/mol. The van der Waals surface area contributed by atoms with Crippen LogP contribution >= 0.6 is 0 Å². The second kappa shape index (κ2) is 2.60. The zero-order chi connectivity index (χ0) is 8.43. The second-order valence-electron chi connectivity index (χ2n) is 1.64. The molecule has 0 aromatic heterocycles. The second-order valence-corrected chi connectivity index (χ2v) is 1.64. The van der Waals surface area contributed by atoms with Crippen LogP contribution in [-0.2, 0) is 6.54 Å². The highest BCUT2D eigenvalue weighted by molar-refractivity contribution is 5.15. The molecule has 0 saturated carbocycles. The average molecular weight is 127 g/mol.